The van der Waals surface area contributed by atoms with Gasteiger partial charge in [-0.15, -0.1) is 0 Å². The molecule has 1 aromatic heterocycles. The lowest BCUT2D eigenvalue weighted by molar-refractivity contribution is -0.170. The number of hydrogen-bond donors (Lipinski definition) is 0. The van der Waals surface area contributed by atoms with Gasteiger partial charge in [0, 0.05) is 11.7 Å². The molecule has 0 N–H and O–H groups in total. The lowest BCUT2D eigenvalue weighted by Crippen LogP contribution is -2.70. The maximum atomic E-state index is 12.6. The van der Waals surface area contributed by atoms with Crippen LogP contribution in [0.2, 0.25) is 0 Å². The second kappa shape index (κ2) is 5.52. The van der Waals surface area contributed by atoms with Crippen LogP contribution >= 0.6 is 0 Å². The van der Waals surface area contributed by atoms with Crippen molar-refractivity contribution >= 4 is 5.91 Å². The van der Waals surface area contributed by atoms with Crippen molar-refractivity contribution in [1.82, 2.24) is 14.8 Å². The van der Waals surface area contributed by atoms with E-state index >= 15 is 0 Å². The molecule has 0 aliphatic carbocycles. The Bertz CT molecular complexity index is 462. The van der Waals surface area contributed by atoms with E-state index in [1.807, 2.05) is 23.1 Å². The predicted molar refractivity (Wildman–Crippen MR) is 80.3 cm³/mol. The molecule has 4 heteroatoms. The standard InChI is InChI=1S/C16H25N3O/c1-6-18(7-2)14-13(12-10-8-9-11-17-12)19(15(14)20)16(3,4)5/h8-11,13-14H,6-7H2,1-5H3. The van der Waals surface area contributed by atoms with Crippen molar-refractivity contribution in [3.8, 4) is 0 Å². The molecule has 0 spiro atoms. The van der Waals surface area contributed by atoms with Gasteiger partial charge >= 0.3 is 0 Å². The molecule has 1 fully saturated rings. The van der Waals surface area contributed by atoms with Crippen LogP contribution < -0.4 is 0 Å². The Morgan fingerprint density at radius 1 is 1.25 bits per heavy atom. The fourth-order valence-corrected chi connectivity index (χ4v) is 3.04. The fraction of sp³-hybridized carbons (Fsp3) is 0.625. The number of likely N-dealkylation sites (tertiary alicyclic amines) is 1. The summed E-state index contributed by atoms with van der Waals surface area (Å²) in [6.45, 7) is 12.2. The van der Waals surface area contributed by atoms with E-state index in [4.69, 9.17) is 0 Å². The van der Waals surface area contributed by atoms with Crippen molar-refractivity contribution < 1.29 is 4.79 Å². The van der Waals surface area contributed by atoms with E-state index in [2.05, 4.69) is 44.5 Å². The molecule has 110 valence electrons. The average Bonchev–Trinajstić information content (AvgIpc) is 2.40. The second-order valence-corrected chi connectivity index (χ2v) is 6.24. The molecule has 2 unspecified atom stereocenters. The maximum absolute atomic E-state index is 12.6. The summed E-state index contributed by atoms with van der Waals surface area (Å²) in [6, 6.07) is 5.91. The van der Waals surface area contributed by atoms with Gasteiger partial charge in [0.05, 0.1) is 11.7 Å². The topological polar surface area (TPSA) is 36.4 Å². The summed E-state index contributed by atoms with van der Waals surface area (Å²) in [4.78, 5) is 21.3. The highest BCUT2D eigenvalue weighted by Gasteiger charge is 2.54. The first-order valence-corrected chi connectivity index (χ1v) is 7.40. The van der Waals surface area contributed by atoms with Crippen LogP contribution in [0.15, 0.2) is 24.4 Å². The molecule has 4 nitrogen and oxygen atoms in total. The lowest BCUT2D eigenvalue weighted by atomic mass is 9.84. The van der Waals surface area contributed by atoms with E-state index in [9.17, 15) is 4.79 Å². The van der Waals surface area contributed by atoms with Gasteiger partial charge in [-0.25, -0.2) is 0 Å². The fourth-order valence-electron chi connectivity index (χ4n) is 3.04. The molecule has 1 amide bonds. The molecular weight excluding hydrogens is 250 g/mol. The summed E-state index contributed by atoms with van der Waals surface area (Å²) >= 11 is 0. The Kier molecular flexibility index (Phi) is 4.14. The number of likely N-dealkylation sites (N-methyl/N-ethyl adjacent to an activating group) is 1. The number of carbonyl (C=O) groups is 1. The van der Waals surface area contributed by atoms with Gasteiger partial charge < -0.3 is 4.90 Å². The van der Waals surface area contributed by atoms with Gasteiger partial charge in [0.15, 0.2) is 0 Å². The SMILES string of the molecule is CCN(CC)C1C(=O)N(C(C)(C)C)C1c1ccccn1. The van der Waals surface area contributed by atoms with Crippen LogP contribution in [0, 0.1) is 0 Å². The second-order valence-electron chi connectivity index (χ2n) is 6.24. The third-order valence-corrected chi connectivity index (χ3v) is 3.99. The highest BCUT2D eigenvalue weighted by atomic mass is 16.2. The van der Waals surface area contributed by atoms with E-state index in [0.717, 1.165) is 18.8 Å². The number of β-lactam (4-membered cyclic amide) rings is 1. The van der Waals surface area contributed by atoms with Crippen molar-refractivity contribution in [2.75, 3.05) is 13.1 Å². The van der Waals surface area contributed by atoms with E-state index in [1.165, 1.54) is 0 Å². The summed E-state index contributed by atoms with van der Waals surface area (Å²) in [5, 5.41) is 0. The lowest BCUT2D eigenvalue weighted by Gasteiger charge is -2.56. The van der Waals surface area contributed by atoms with Crippen LogP contribution in [0.25, 0.3) is 0 Å². The largest absolute Gasteiger partial charge is 0.326 e. The molecule has 2 rings (SSSR count). The third-order valence-electron chi connectivity index (χ3n) is 3.99. The average molecular weight is 275 g/mol. The third kappa shape index (κ3) is 2.44. The Hall–Kier alpha value is -1.42. The molecule has 0 saturated carbocycles. The minimum atomic E-state index is -0.178. The van der Waals surface area contributed by atoms with Crippen molar-refractivity contribution in [2.45, 2.75) is 52.2 Å². The van der Waals surface area contributed by atoms with Gasteiger partial charge in [0.25, 0.3) is 0 Å². The number of carbonyl (C=O) groups excluding carboxylic acids is 1. The first-order valence-electron chi connectivity index (χ1n) is 7.40. The van der Waals surface area contributed by atoms with Gasteiger partial charge in [0.2, 0.25) is 5.91 Å². The molecule has 20 heavy (non-hydrogen) atoms. The van der Waals surface area contributed by atoms with Crippen LogP contribution in [0.3, 0.4) is 0 Å². The zero-order chi connectivity index (χ0) is 14.9. The van der Waals surface area contributed by atoms with Gasteiger partial charge in [-0.2, -0.15) is 0 Å². The monoisotopic (exact) mass is 275 g/mol. The zero-order valence-electron chi connectivity index (χ0n) is 13.1. The molecule has 0 radical (unpaired) electrons. The Labute approximate surface area is 121 Å². The van der Waals surface area contributed by atoms with Gasteiger partial charge in [-0.3, -0.25) is 14.7 Å². The van der Waals surface area contributed by atoms with Crippen LogP contribution in [0.1, 0.15) is 46.4 Å². The van der Waals surface area contributed by atoms with Crippen LogP contribution in [-0.4, -0.2) is 45.4 Å². The first-order chi connectivity index (χ1) is 9.41. The molecule has 0 bridgehead atoms. The predicted octanol–water partition coefficient (Wildman–Crippen LogP) is 2.47. The number of rotatable bonds is 4. The summed E-state index contributed by atoms with van der Waals surface area (Å²) in [6.07, 6.45) is 1.80. The minimum Gasteiger partial charge on any atom is -0.326 e. The number of nitrogens with zero attached hydrogens (tertiary/aromatic N) is 3. The summed E-state index contributed by atoms with van der Waals surface area (Å²) < 4.78 is 0. The summed E-state index contributed by atoms with van der Waals surface area (Å²) in [5.41, 5.74) is 0.807. The van der Waals surface area contributed by atoms with E-state index in [0.29, 0.717) is 0 Å². The van der Waals surface area contributed by atoms with Gasteiger partial charge in [-0.05, 0) is 46.0 Å². The molecule has 2 atom stereocenters. The van der Waals surface area contributed by atoms with Crippen molar-refractivity contribution in [3.05, 3.63) is 30.1 Å². The molecule has 1 aliphatic heterocycles. The normalized spacial score (nSPS) is 23.1. The van der Waals surface area contributed by atoms with Crippen molar-refractivity contribution in [1.29, 1.82) is 0 Å². The van der Waals surface area contributed by atoms with Crippen LogP contribution in [0.4, 0.5) is 0 Å². The van der Waals surface area contributed by atoms with E-state index < -0.39 is 0 Å². The highest BCUT2D eigenvalue weighted by Crippen LogP contribution is 2.42. The van der Waals surface area contributed by atoms with Crippen molar-refractivity contribution in [2.24, 2.45) is 0 Å². The summed E-state index contributed by atoms with van der Waals surface area (Å²) in [7, 11) is 0. The van der Waals surface area contributed by atoms with Gasteiger partial charge in [0.1, 0.15) is 6.04 Å². The quantitative estimate of drug-likeness (QED) is 0.792. The Morgan fingerprint density at radius 3 is 2.35 bits per heavy atom. The minimum absolute atomic E-state index is 0.0589. The van der Waals surface area contributed by atoms with E-state index in [1.54, 1.807) is 6.20 Å². The molecule has 1 saturated heterocycles. The van der Waals surface area contributed by atoms with Crippen LogP contribution in [-0.2, 0) is 4.79 Å². The maximum Gasteiger partial charge on any atom is 0.243 e. The number of aromatic nitrogens is 1. The highest BCUT2D eigenvalue weighted by molar-refractivity contribution is 5.90. The smallest absolute Gasteiger partial charge is 0.243 e. The van der Waals surface area contributed by atoms with Crippen LogP contribution in [0.5, 0.6) is 0 Å². The molecule has 2 heterocycles. The molecular formula is C16H25N3O. The first kappa shape index (κ1) is 15.0. The number of pyridine rings is 1. The molecule has 1 aromatic rings. The van der Waals surface area contributed by atoms with Gasteiger partial charge in [-0.1, -0.05) is 19.9 Å². The zero-order valence-corrected chi connectivity index (χ0v) is 13.1. The molecule has 0 aromatic carbocycles. The Balaban J connectivity index is 2.37. The van der Waals surface area contributed by atoms with Crippen molar-refractivity contribution in [3.63, 3.8) is 0 Å². The Morgan fingerprint density at radius 2 is 1.90 bits per heavy atom. The molecule has 1 aliphatic rings. The number of hydrogen-bond acceptors (Lipinski definition) is 3. The summed E-state index contributed by atoms with van der Waals surface area (Å²) in [5.74, 6) is 0.219. The van der Waals surface area contributed by atoms with E-state index in [-0.39, 0.29) is 23.5 Å². The number of amides is 1.